The molecule has 9 nitrogen and oxygen atoms in total. The van der Waals surface area contributed by atoms with Crippen LogP contribution < -0.4 is 5.32 Å². The second-order valence-corrected chi connectivity index (χ2v) is 13.0. The van der Waals surface area contributed by atoms with Crippen LogP contribution in [-0.4, -0.2) is 71.0 Å². The number of aliphatic hydroxyl groups excluding tert-OH is 1. The summed E-state index contributed by atoms with van der Waals surface area (Å²) in [5, 5.41) is 24.2. The van der Waals surface area contributed by atoms with Crippen LogP contribution in [0.2, 0.25) is 0 Å². The first-order valence-corrected chi connectivity index (χ1v) is 16.4. The summed E-state index contributed by atoms with van der Waals surface area (Å²) < 4.78 is 23.6. The maximum atomic E-state index is 13.2. The zero-order valence-corrected chi connectivity index (χ0v) is 27.7. The lowest BCUT2D eigenvalue weighted by Gasteiger charge is -2.34. The van der Waals surface area contributed by atoms with Crippen molar-refractivity contribution in [3.05, 3.63) is 47.8 Å². The van der Waals surface area contributed by atoms with Crippen molar-refractivity contribution in [2.24, 2.45) is 17.8 Å². The number of epoxide rings is 1. The van der Waals surface area contributed by atoms with Crippen molar-refractivity contribution in [3.63, 3.8) is 0 Å². The summed E-state index contributed by atoms with van der Waals surface area (Å²) in [7, 11) is 0. The Morgan fingerprint density at radius 3 is 2.64 bits per heavy atom. The van der Waals surface area contributed by atoms with Gasteiger partial charge in [0.15, 0.2) is 6.10 Å². The fourth-order valence-electron chi connectivity index (χ4n) is 5.76. The van der Waals surface area contributed by atoms with Crippen molar-refractivity contribution in [2.45, 2.75) is 136 Å². The molecule has 44 heavy (non-hydrogen) atoms. The van der Waals surface area contributed by atoms with Gasteiger partial charge in [0.1, 0.15) is 17.8 Å². The molecule has 10 atom stereocenters. The third kappa shape index (κ3) is 10.8. The fourth-order valence-corrected chi connectivity index (χ4v) is 5.76. The molecule has 0 bridgehead atoms. The minimum absolute atomic E-state index is 0.0516. The monoisotopic (exact) mass is 617 g/mol. The molecule has 10 unspecified atom stereocenters. The van der Waals surface area contributed by atoms with Gasteiger partial charge in [-0.2, -0.15) is 0 Å². The van der Waals surface area contributed by atoms with Crippen LogP contribution in [0, 0.1) is 17.8 Å². The summed E-state index contributed by atoms with van der Waals surface area (Å²) in [5.41, 5.74) is -0.515. The molecule has 3 rings (SSSR count). The lowest BCUT2D eigenvalue weighted by atomic mass is 9.88. The number of nitrogens with one attached hydrogen (secondary N) is 1. The topological polar surface area (TPSA) is 127 Å². The largest absolute Gasteiger partial charge is 0.494 e. The van der Waals surface area contributed by atoms with E-state index < -0.39 is 30.0 Å². The Bertz CT molecular complexity index is 1080. The summed E-state index contributed by atoms with van der Waals surface area (Å²) in [6.45, 7) is 13.9. The van der Waals surface area contributed by atoms with Gasteiger partial charge in [-0.15, -0.1) is 0 Å². The Balaban J connectivity index is 1.76. The summed E-state index contributed by atoms with van der Waals surface area (Å²) >= 11 is 0. The van der Waals surface area contributed by atoms with Crippen LogP contribution in [0.25, 0.3) is 0 Å². The van der Waals surface area contributed by atoms with Gasteiger partial charge in [0, 0.05) is 24.8 Å². The zero-order chi connectivity index (χ0) is 32.4. The molecule has 2 heterocycles. The first-order valence-electron chi connectivity index (χ1n) is 16.4. The average Bonchev–Trinajstić information content (AvgIpc) is 3.71. The van der Waals surface area contributed by atoms with Crippen LogP contribution in [0.15, 0.2) is 47.8 Å². The number of rotatable bonds is 12. The van der Waals surface area contributed by atoms with Gasteiger partial charge in [-0.3, -0.25) is 4.79 Å². The Morgan fingerprint density at radius 1 is 1.27 bits per heavy atom. The van der Waals surface area contributed by atoms with E-state index in [1.54, 1.807) is 19.9 Å². The van der Waals surface area contributed by atoms with Crippen molar-refractivity contribution >= 4 is 12.1 Å². The number of hydrogen-bond donors (Lipinski definition) is 3. The number of cyclic esters (lactones) is 1. The molecule has 0 radical (unpaired) electrons. The van der Waals surface area contributed by atoms with Crippen LogP contribution in [0.4, 0.5) is 4.79 Å². The van der Waals surface area contributed by atoms with Gasteiger partial charge < -0.3 is 34.5 Å². The van der Waals surface area contributed by atoms with E-state index >= 15 is 0 Å². The number of ether oxygens (including phenoxy) is 4. The van der Waals surface area contributed by atoms with Gasteiger partial charge in [-0.25, -0.2) is 4.79 Å². The predicted molar refractivity (Wildman–Crippen MR) is 170 cm³/mol. The maximum absolute atomic E-state index is 13.2. The van der Waals surface area contributed by atoms with Gasteiger partial charge in [0.05, 0.1) is 30.5 Å². The summed E-state index contributed by atoms with van der Waals surface area (Å²) in [4.78, 5) is 25.6. The summed E-state index contributed by atoms with van der Waals surface area (Å²) in [6.07, 6.45) is 13.0. The molecule has 3 N–H and O–H groups in total. The third-order valence-corrected chi connectivity index (χ3v) is 8.96. The van der Waals surface area contributed by atoms with Crippen molar-refractivity contribution < 1.29 is 38.7 Å². The average molecular weight is 618 g/mol. The Kier molecular flexibility index (Phi) is 13.5. The van der Waals surface area contributed by atoms with E-state index in [4.69, 9.17) is 18.9 Å². The molecular weight excluding hydrogens is 562 g/mol. The number of amides is 1. The number of carbonyl (C=O) groups is 2. The highest BCUT2D eigenvalue weighted by atomic mass is 16.6. The fraction of sp³-hybridized carbons (Fsp3) is 0.714. The van der Waals surface area contributed by atoms with Gasteiger partial charge in [0.2, 0.25) is 0 Å². The molecule has 1 aliphatic carbocycles. The normalized spacial score (nSPS) is 34.2. The lowest BCUT2D eigenvalue weighted by molar-refractivity contribution is -0.152. The molecule has 9 heteroatoms. The highest BCUT2D eigenvalue weighted by Gasteiger charge is 2.45. The molecule has 0 aromatic heterocycles. The van der Waals surface area contributed by atoms with Crippen LogP contribution in [0.3, 0.4) is 0 Å². The smallest absolute Gasteiger partial charge is 0.407 e. The number of hydrogen-bond acceptors (Lipinski definition) is 8. The summed E-state index contributed by atoms with van der Waals surface area (Å²) in [6, 6.07) is 0. The van der Waals surface area contributed by atoms with Gasteiger partial charge >= 0.3 is 12.1 Å². The van der Waals surface area contributed by atoms with Gasteiger partial charge in [-0.1, -0.05) is 52.0 Å². The van der Waals surface area contributed by atoms with Crippen molar-refractivity contribution in [1.29, 1.82) is 0 Å². The summed E-state index contributed by atoms with van der Waals surface area (Å²) in [5.74, 6) is 0.616. The second-order valence-electron chi connectivity index (χ2n) is 13.0. The SMILES string of the molecule is CCNC(=O)OC1/C=C/C(C)C(/C(C)=C/C=C/C(C)CC2OC2C(C)C(O)CC)OC(=O)CC(OC2=CCC2)CCC1(C)O. The molecule has 1 saturated heterocycles. The number of esters is 1. The van der Waals surface area contributed by atoms with E-state index in [1.165, 1.54) is 0 Å². The van der Waals surface area contributed by atoms with Crippen molar-refractivity contribution in [1.82, 2.24) is 5.32 Å². The molecule has 1 fully saturated rings. The number of allylic oxidation sites excluding steroid dienone is 5. The van der Waals surface area contributed by atoms with Crippen LogP contribution in [0.1, 0.15) is 93.4 Å². The van der Waals surface area contributed by atoms with Crippen LogP contribution in [-0.2, 0) is 23.7 Å². The molecule has 3 aliphatic rings. The standard InChI is InChI=1S/C35H55NO8/c1-8-28(37)25(6)33-29(42-33)20-22(3)12-10-13-23(4)32-24(5)16-17-30(43-34(39)36-9-2)35(7,40)19-18-27(21-31(38)44-32)41-26-14-11-15-26/h10,12-14,16-17,22,24-25,27-30,32-33,37,40H,8-9,11,15,18-21H2,1-7H3,(H,36,39)/b12-10+,17-16+,23-13+. The zero-order valence-electron chi connectivity index (χ0n) is 27.7. The minimum Gasteiger partial charge on any atom is -0.494 e. The van der Waals surface area contributed by atoms with E-state index in [0.29, 0.717) is 13.0 Å². The Labute approximate surface area is 263 Å². The quantitative estimate of drug-likeness (QED) is 0.107. The molecular formula is C35H55NO8. The van der Waals surface area contributed by atoms with E-state index in [-0.39, 0.29) is 54.9 Å². The molecule has 0 aromatic rings. The van der Waals surface area contributed by atoms with E-state index in [2.05, 4.69) is 18.3 Å². The van der Waals surface area contributed by atoms with E-state index in [0.717, 1.165) is 37.0 Å². The first kappa shape index (κ1) is 35.9. The highest BCUT2D eigenvalue weighted by molar-refractivity contribution is 5.70. The maximum Gasteiger partial charge on any atom is 0.407 e. The van der Waals surface area contributed by atoms with Crippen LogP contribution in [0.5, 0.6) is 0 Å². The second kappa shape index (κ2) is 16.6. The number of alkyl carbamates (subject to hydrolysis) is 1. The highest BCUT2D eigenvalue weighted by Crippen LogP contribution is 2.36. The van der Waals surface area contributed by atoms with E-state index in [1.807, 2.05) is 52.0 Å². The number of aliphatic hydroxyl groups is 2. The molecule has 2 aliphatic heterocycles. The first-order chi connectivity index (χ1) is 20.8. The van der Waals surface area contributed by atoms with E-state index in [9.17, 15) is 19.8 Å². The van der Waals surface area contributed by atoms with Crippen LogP contribution >= 0.6 is 0 Å². The number of carbonyl (C=O) groups excluding carboxylic acids is 2. The van der Waals surface area contributed by atoms with Crippen molar-refractivity contribution in [3.8, 4) is 0 Å². The lowest BCUT2D eigenvalue weighted by Crippen LogP contribution is -2.44. The molecule has 248 valence electrons. The predicted octanol–water partition coefficient (Wildman–Crippen LogP) is 5.91. The molecule has 0 aromatic carbocycles. The van der Waals surface area contributed by atoms with Gasteiger partial charge in [0.25, 0.3) is 0 Å². The third-order valence-electron chi connectivity index (χ3n) is 8.96. The van der Waals surface area contributed by atoms with Gasteiger partial charge in [-0.05, 0) is 76.5 Å². The molecule has 0 spiro atoms. The minimum atomic E-state index is -1.38. The molecule has 0 saturated carbocycles. The van der Waals surface area contributed by atoms with Crippen molar-refractivity contribution in [2.75, 3.05) is 6.54 Å². The Hall–Kier alpha value is -2.62. The molecule has 1 amide bonds. The Morgan fingerprint density at radius 2 is 2.00 bits per heavy atom.